The lowest BCUT2D eigenvalue weighted by molar-refractivity contribution is 0.0847. The zero-order valence-corrected chi connectivity index (χ0v) is 11.3. The van der Waals surface area contributed by atoms with Gasteiger partial charge in [-0.25, -0.2) is 0 Å². The largest absolute Gasteiger partial charge is 0.329 e. The van der Waals surface area contributed by atoms with Gasteiger partial charge in [-0.15, -0.1) is 11.8 Å². The number of carbonyl (C=O) groups is 1. The molecule has 0 fully saturated rings. The van der Waals surface area contributed by atoms with Crippen molar-refractivity contribution in [2.75, 3.05) is 12.3 Å². The van der Waals surface area contributed by atoms with Crippen molar-refractivity contribution in [3.8, 4) is 0 Å². The minimum Gasteiger partial charge on any atom is -0.329 e. The van der Waals surface area contributed by atoms with E-state index in [1.807, 2.05) is 31.7 Å². The molecule has 0 unspecified atom stereocenters. The molecule has 0 amide bonds. The third-order valence-electron chi connectivity index (χ3n) is 3.30. The van der Waals surface area contributed by atoms with Crippen LogP contribution in [-0.4, -0.2) is 18.1 Å². The van der Waals surface area contributed by atoms with Crippen LogP contribution in [0.5, 0.6) is 0 Å². The highest BCUT2D eigenvalue weighted by atomic mass is 32.2. The van der Waals surface area contributed by atoms with Gasteiger partial charge in [0.1, 0.15) is 0 Å². The third-order valence-corrected chi connectivity index (χ3v) is 4.50. The highest BCUT2D eigenvalue weighted by Gasteiger charge is 2.27. The molecule has 0 aromatic heterocycles. The number of Topliss-reactive ketones (excluding diaryl/α,β-unsaturated/α-hetero) is 1. The van der Waals surface area contributed by atoms with Crippen molar-refractivity contribution in [2.24, 2.45) is 11.1 Å². The Balaban J connectivity index is 2.31. The first-order valence-corrected chi connectivity index (χ1v) is 7.04. The fourth-order valence-corrected chi connectivity index (χ4v) is 3.00. The van der Waals surface area contributed by atoms with Gasteiger partial charge < -0.3 is 5.73 Å². The van der Waals surface area contributed by atoms with E-state index < -0.39 is 5.41 Å². The number of rotatable bonds is 3. The molecule has 1 aromatic carbocycles. The summed E-state index contributed by atoms with van der Waals surface area (Å²) < 4.78 is 0. The Morgan fingerprint density at radius 3 is 2.94 bits per heavy atom. The molecule has 2 rings (SSSR count). The van der Waals surface area contributed by atoms with Crippen LogP contribution in [0.25, 0.3) is 0 Å². The first kappa shape index (κ1) is 12.7. The quantitative estimate of drug-likeness (QED) is 0.838. The second kappa shape index (κ2) is 4.83. The maximum atomic E-state index is 12.3. The number of aryl methyl sites for hydroxylation is 1. The lowest BCUT2D eigenvalue weighted by Crippen LogP contribution is -2.32. The van der Waals surface area contributed by atoms with Gasteiger partial charge in [0.25, 0.3) is 0 Å². The number of hydrogen-bond acceptors (Lipinski definition) is 3. The van der Waals surface area contributed by atoms with Gasteiger partial charge >= 0.3 is 0 Å². The molecular formula is C14H19NOS. The van der Waals surface area contributed by atoms with Crippen LogP contribution in [-0.2, 0) is 6.42 Å². The molecule has 0 saturated carbocycles. The average molecular weight is 249 g/mol. The van der Waals surface area contributed by atoms with E-state index in [0.717, 1.165) is 12.0 Å². The highest BCUT2D eigenvalue weighted by Crippen LogP contribution is 2.32. The molecule has 2 N–H and O–H groups in total. The van der Waals surface area contributed by atoms with E-state index in [1.165, 1.54) is 22.6 Å². The van der Waals surface area contributed by atoms with Crippen LogP contribution < -0.4 is 5.73 Å². The van der Waals surface area contributed by atoms with Gasteiger partial charge in [-0.1, -0.05) is 19.9 Å². The Hall–Kier alpha value is -0.800. The summed E-state index contributed by atoms with van der Waals surface area (Å²) in [5.74, 6) is 1.34. The molecule has 2 nitrogen and oxygen atoms in total. The first-order chi connectivity index (χ1) is 8.04. The van der Waals surface area contributed by atoms with Crippen molar-refractivity contribution in [2.45, 2.75) is 31.6 Å². The van der Waals surface area contributed by atoms with E-state index in [1.54, 1.807) is 0 Å². The number of fused-ring (bicyclic) bond motifs is 1. The molecule has 1 aliphatic rings. The van der Waals surface area contributed by atoms with Crippen molar-refractivity contribution in [1.29, 1.82) is 0 Å². The zero-order valence-electron chi connectivity index (χ0n) is 10.5. The number of nitrogens with two attached hydrogens (primary N) is 1. The Kier molecular flexibility index (Phi) is 3.59. The first-order valence-electron chi connectivity index (χ1n) is 6.05. The van der Waals surface area contributed by atoms with Gasteiger partial charge in [0.05, 0.1) is 0 Å². The molecule has 0 saturated heterocycles. The Morgan fingerprint density at radius 1 is 1.47 bits per heavy atom. The summed E-state index contributed by atoms with van der Waals surface area (Å²) >= 11 is 1.89. The molecule has 0 aliphatic carbocycles. The topological polar surface area (TPSA) is 43.1 Å². The minimum atomic E-state index is -0.462. The van der Waals surface area contributed by atoms with Crippen LogP contribution in [0.4, 0.5) is 0 Å². The number of hydrogen-bond donors (Lipinski definition) is 1. The SMILES string of the molecule is CC(C)(CN)C(=O)c1ccc2c(c1)CCCS2. The fraction of sp³-hybridized carbons (Fsp3) is 0.500. The molecule has 92 valence electrons. The van der Waals surface area contributed by atoms with E-state index in [-0.39, 0.29) is 5.78 Å². The number of thioether (sulfide) groups is 1. The van der Waals surface area contributed by atoms with Gasteiger partial charge in [0.15, 0.2) is 5.78 Å². The van der Waals surface area contributed by atoms with Crippen LogP contribution in [0.15, 0.2) is 23.1 Å². The van der Waals surface area contributed by atoms with Crippen LogP contribution in [0.3, 0.4) is 0 Å². The predicted octanol–water partition coefficient (Wildman–Crippen LogP) is 2.89. The Morgan fingerprint density at radius 2 is 2.24 bits per heavy atom. The van der Waals surface area contributed by atoms with Crippen LogP contribution in [0, 0.1) is 5.41 Å². The van der Waals surface area contributed by atoms with Crippen molar-refractivity contribution in [3.63, 3.8) is 0 Å². The standard InChI is InChI=1S/C14H19NOS/c1-14(2,9-15)13(16)11-5-6-12-10(8-11)4-3-7-17-12/h5-6,8H,3-4,7,9,15H2,1-2H3. The summed E-state index contributed by atoms with van der Waals surface area (Å²) in [6.45, 7) is 4.20. The molecule has 0 radical (unpaired) electrons. The summed E-state index contributed by atoms with van der Waals surface area (Å²) in [4.78, 5) is 13.6. The smallest absolute Gasteiger partial charge is 0.169 e. The third kappa shape index (κ3) is 2.55. The molecule has 0 spiro atoms. The zero-order chi connectivity index (χ0) is 12.5. The van der Waals surface area contributed by atoms with Gasteiger partial charge in [-0.3, -0.25) is 4.79 Å². The van der Waals surface area contributed by atoms with Crippen molar-refractivity contribution in [3.05, 3.63) is 29.3 Å². The molecule has 1 aliphatic heterocycles. The monoisotopic (exact) mass is 249 g/mol. The summed E-state index contributed by atoms with van der Waals surface area (Å²) in [6, 6.07) is 6.08. The average Bonchev–Trinajstić information content (AvgIpc) is 2.37. The summed E-state index contributed by atoms with van der Waals surface area (Å²) in [6.07, 6.45) is 2.29. The molecule has 0 atom stereocenters. The maximum absolute atomic E-state index is 12.3. The van der Waals surface area contributed by atoms with Gasteiger partial charge in [-0.2, -0.15) is 0 Å². The second-order valence-electron chi connectivity index (χ2n) is 5.19. The Bertz CT molecular complexity index is 440. The Labute approximate surface area is 107 Å². The van der Waals surface area contributed by atoms with E-state index in [2.05, 4.69) is 12.1 Å². The summed E-state index contributed by atoms with van der Waals surface area (Å²) in [7, 11) is 0. The molecule has 1 aromatic rings. The lowest BCUT2D eigenvalue weighted by Gasteiger charge is -2.22. The maximum Gasteiger partial charge on any atom is 0.169 e. The van der Waals surface area contributed by atoms with Crippen LogP contribution >= 0.6 is 11.8 Å². The lowest BCUT2D eigenvalue weighted by atomic mass is 9.84. The normalized spacial score (nSPS) is 15.5. The molecular weight excluding hydrogens is 230 g/mol. The van der Waals surface area contributed by atoms with Crippen molar-refractivity contribution in [1.82, 2.24) is 0 Å². The minimum absolute atomic E-state index is 0.151. The van der Waals surface area contributed by atoms with Crippen molar-refractivity contribution >= 4 is 17.5 Å². The second-order valence-corrected chi connectivity index (χ2v) is 6.33. The number of ketones is 1. The van der Waals surface area contributed by atoms with Gasteiger partial charge in [-0.05, 0) is 36.3 Å². The highest BCUT2D eigenvalue weighted by molar-refractivity contribution is 7.99. The van der Waals surface area contributed by atoms with Crippen molar-refractivity contribution < 1.29 is 4.79 Å². The van der Waals surface area contributed by atoms with E-state index >= 15 is 0 Å². The van der Waals surface area contributed by atoms with Crippen LogP contribution in [0.2, 0.25) is 0 Å². The fourth-order valence-electron chi connectivity index (χ4n) is 1.99. The summed E-state index contributed by atoms with van der Waals surface area (Å²) in [5.41, 5.74) is 7.32. The van der Waals surface area contributed by atoms with E-state index in [4.69, 9.17) is 5.73 Å². The molecule has 17 heavy (non-hydrogen) atoms. The molecule has 1 heterocycles. The number of benzene rings is 1. The number of carbonyl (C=O) groups excluding carboxylic acids is 1. The van der Waals surface area contributed by atoms with Gasteiger partial charge in [0, 0.05) is 22.4 Å². The molecule has 0 bridgehead atoms. The van der Waals surface area contributed by atoms with Crippen LogP contribution in [0.1, 0.15) is 36.2 Å². The van der Waals surface area contributed by atoms with E-state index in [9.17, 15) is 4.79 Å². The molecule has 3 heteroatoms. The predicted molar refractivity (Wildman–Crippen MR) is 72.7 cm³/mol. The van der Waals surface area contributed by atoms with Gasteiger partial charge in [0.2, 0.25) is 0 Å². The van der Waals surface area contributed by atoms with E-state index in [0.29, 0.717) is 6.54 Å². The summed E-state index contributed by atoms with van der Waals surface area (Å²) in [5, 5.41) is 0.